The third-order valence-corrected chi connectivity index (χ3v) is 15.6. The quantitative estimate of drug-likeness (QED) is 0.0320. The molecular weight excluding hydrogens is 923 g/mol. The van der Waals surface area contributed by atoms with Gasteiger partial charge in [-0.25, -0.2) is 0 Å². The Morgan fingerprint density at radius 3 is 0.947 bits per heavy atom. The van der Waals surface area contributed by atoms with Crippen molar-refractivity contribution in [3.8, 4) is 0 Å². The molecule has 0 spiro atoms. The molecule has 0 aliphatic carbocycles. The summed E-state index contributed by atoms with van der Waals surface area (Å²) in [5.41, 5.74) is 0. The zero-order valence-electron chi connectivity index (χ0n) is 50.5. The molecule has 0 aromatic rings. The fraction of sp³-hybridized carbons (Fsp3) is 0.884. The Balaban J connectivity index is 3.34. The first-order chi connectivity index (χ1) is 37.0. The SMILES string of the molecule is CCCCCCC/C=C\CCCCCCCC(=O)OCCCCCCCCCCCCCC/C=C\CCCCCCCCCCCCCCCCCCCC(=O)NC(CO)C(O)/C=C/CCCCCCCCCCC. The Morgan fingerprint density at radius 2 is 0.627 bits per heavy atom. The van der Waals surface area contributed by atoms with Crippen LogP contribution in [0.1, 0.15) is 367 Å². The maximum absolute atomic E-state index is 12.4. The second-order valence-corrected chi connectivity index (χ2v) is 23.1. The molecule has 0 aromatic carbocycles. The van der Waals surface area contributed by atoms with E-state index in [1.165, 1.54) is 295 Å². The number of nitrogens with one attached hydrogen (secondary N) is 1. The van der Waals surface area contributed by atoms with Crippen molar-refractivity contribution in [2.75, 3.05) is 13.2 Å². The summed E-state index contributed by atoms with van der Waals surface area (Å²) in [6.07, 6.45) is 82.3. The number of aliphatic hydroxyl groups is 2. The molecule has 0 saturated heterocycles. The van der Waals surface area contributed by atoms with Crippen molar-refractivity contribution in [1.82, 2.24) is 5.32 Å². The van der Waals surface area contributed by atoms with Crippen molar-refractivity contribution in [3.05, 3.63) is 36.5 Å². The largest absolute Gasteiger partial charge is 0.466 e. The number of carbonyl (C=O) groups excluding carboxylic acids is 2. The minimum absolute atomic E-state index is 0.00994. The molecule has 0 aliphatic heterocycles. The van der Waals surface area contributed by atoms with Crippen LogP contribution in [-0.2, 0) is 14.3 Å². The molecule has 6 heteroatoms. The number of amides is 1. The van der Waals surface area contributed by atoms with Crippen molar-refractivity contribution in [1.29, 1.82) is 0 Å². The van der Waals surface area contributed by atoms with Gasteiger partial charge in [-0.1, -0.05) is 307 Å². The normalized spacial score (nSPS) is 12.7. The fourth-order valence-electron chi connectivity index (χ4n) is 10.4. The monoisotopic (exact) mass is 1050 g/mol. The number of carbonyl (C=O) groups is 2. The van der Waals surface area contributed by atoms with Gasteiger partial charge < -0.3 is 20.3 Å². The number of unbranched alkanes of at least 4 members (excludes halogenated alkanes) is 48. The summed E-state index contributed by atoms with van der Waals surface area (Å²) in [7, 11) is 0. The molecule has 442 valence electrons. The van der Waals surface area contributed by atoms with Crippen LogP contribution >= 0.6 is 0 Å². The lowest BCUT2D eigenvalue weighted by Crippen LogP contribution is -2.45. The van der Waals surface area contributed by atoms with Crippen molar-refractivity contribution < 1.29 is 24.5 Å². The first kappa shape index (κ1) is 73.1. The lowest BCUT2D eigenvalue weighted by Gasteiger charge is -2.20. The van der Waals surface area contributed by atoms with Crippen LogP contribution in [0.5, 0.6) is 0 Å². The van der Waals surface area contributed by atoms with Gasteiger partial charge in [-0.2, -0.15) is 0 Å². The van der Waals surface area contributed by atoms with Gasteiger partial charge in [-0.15, -0.1) is 0 Å². The summed E-state index contributed by atoms with van der Waals surface area (Å²) < 4.78 is 5.48. The molecule has 2 atom stereocenters. The van der Waals surface area contributed by atoms with Crippen LogP contribution in [0, 0.1) is 0 Å². The standard InChI is InChI=1S/C69H131NO5/c1-3-5-7-9-11-13-15-16-39-43-47-51-55-59-63-69(74)75-64-60-56-52-48-44-40-37-35-33-31-29-27-25-23-21-19-17-18-20-22-24-26-28-30-32-34-36-38-42-46-50-54-58-62-68(73)70-66(65-71)67(72)61-57-53-49-45-41-14-12-10-8-6-4-2/h15-16,21,23,57,61,66-67,71-72H,3-14,17-20,22,24-56,58-60,62-65H2,1-2H3,(H,70,73)/b16-15-,23-21-,61-57+. The van der Waals surface area contributed by atoms with Gasteiger partial charge in [-0.05, 0) is 83.5 Å². The van der Waals surface area contributed by atoms with Gasteiger partial charge in [0.2, 0.25) is 5.91 Å². The van der Waals surface area contributed by atoms with Gasteiger partial charge in [0.05, 0.1) is 25.4 Å². The van der Waals surface area contributed by atoms with E-state index in [2.05, 4.69) is 43.5 Å². The molecular formula is C69H131NO5. The van der Waals surface area contributed by atoms with Crippen molar-refractivity contribution in [2.45, 2.75) is 379 Å². The maximum Gasteiger partial charge on any atom is 0.305 e. The van der Waals surface area contributed by atoms with Gasteiger partial charge in [0.15, 0.2) is 0 Å². The van der Waals surface area contributed by atoms with Gasteiger partial charge in [0.25, 0.3) is 0 Å². The smallest absolute Gasteiger partial charge is 0.305 e. The summed E-state index contributed by atoms with van der Waals surface area (Å²) in [5, 5.41) is 23.0. The number of esters is 1. The Kier molecular flexibility index (Phi) is 63.0. The van der Waals surface area contributed by atoms with E-state index in [0.717, 1.165) is 44.9 Å². The average Bonchev–Trinajstić information content (AvgIpc) is 3.41. The van der Waals surface area contributed by atoms with Gasteiger partial charge in [0, 0.05) is 12.8 Å². The summed E-state index contributed by atoms with van der Waals surface area (Å²) in [4.78, 5) is 24.5. The molecule has 0 saturated carbocycles. The van der Waals surface area contributed by atoms with Crippen LogP contribution < -0.4 is 5.32 Å². The highest BCUT2D eigenvalue weighted by Crippen LogP contribution is 2.18. The van der Waals surface area contributed by atoms with Crippen molar-refractivity contribution in [3.63, 3.8) is 0 Å². The molecule has 0 bridgehead atoms. The zero-order valence-corrected chi connectivity index (χ0v) is 50.5. The average molecular weight is 1050 g/mol. The lowest BCUT2D eigenvalue weighted by molar-refractivity contribution is -0.143. The highest BCUT2D eigenvalue weighted by molar-refractivity contribution is 5.76. The number of hydrogen-bond acceptors (Lipinski definition) is 5. The predicted molar refractivity (Wildman–Crippen MR) is 329 cm³/mol. The zero-order chi connectivity index (χ0) is 54.3. The summed E-state index contributed by atoms with van der Waals surface area (Å²) in [5.74, 6) is -0.0551. The molecule has 75 heavy (non-hydrogen) atoms. The molecule has 3 N–H and O–H groups in total. The molecule has 0 aromatic heterocycles. The molecule has 0 aliphatic rings. The number of hydrogen-bond donors (Lipinski definition) is 3. The van der Waals surface area contributed by atoms with Crippen LogP contribution in [0.3, 0.4) is 0 Å². The van der Waals surface area contributed by atoms with Crippen LogP contribution in [0.25, 0.3) is 0 Å². The number of allylic oxidation sites excluding steroid dienone is 5. The van der Waals surface area contributed by atoms with Gasteiger partial charge in [0.1, 0.15) is 0 Å². The minimum Gasteiger partial charge on any atom is -0.466 e. The summed E-state index contributed by atoms with van der Waals surface area (Å²) in [6, 6.07) is -0.624. The van der Waals surface area contributed by atoms with Crippen LogP contribution in [0.4, 0.5) is 0 Å². The fourth-order valence-corrected chi connectivity index (χ4v) is 10.4. The van der Waals surface area contributed by atoms with E-state index in [-0.39, 0.29) is 18.5 Å². The highest BCUT2D eigenvalue weighted by Gasteiger charge is 2.18. The van der Waals surface area contributed by atoms with Crippen LogP contribution in [0.15, 0.2) is 36.5 Å². The van der Waals surface area contributed by atoms with E-state index in [9.17, 15) is 19.8 Å². The molecule has 1 amide bonds. The van der Waals surface area contributed by atoms with E-state index in [1.54, 1.807) is 6.08 Å². The van der Waals surface area contributed by atoms with E-state index >= 15 is 0 Å². The number of rotatable bonds is 63. The van der Waals surface area contributed by atoms with E-state index in [4.69, 9.17) is 4.74 Å². The van der Waals surface area contributed by atoms with E-state index < -0.39 is 12.1 Å². The van der Waals surface area contributed by atoms with E-state index in [1.807, 2.05) is 6.08 Å². The maximum atomic E-state index is 12.4. The Labute approximate surface area is 468 Å². The molecule has 0 rings (SSSR count). The molecule has 2 unspecified atom stereocenters. The Morgan fingerprint density at radius 1 is 0.360 bits per heavy atom. The van der Waals surface area contributed by atoms with Crippen molar-refractivity contribution >= 4 is 11.9 Å². The number of ether oxygens (including phenoxy) is 1. The van der Waals surface area contributed by atoms with Gasteiger partial charge >= 0.3 is 5.97 Å². The third kappa shape index (κ3) is 61.2. The predicted octanol–water partition coefficient (Wildman–Crippen LogP) is 21.5. The van der Waals surface area contributed by atoms with Crippen LogP contribution in [-0.4, -0.2) is 47.4 Å². The summed E-state index contributed by atoms with van der Waals surface area (Å²) >= 11 is 0. The van der Waals surface area contributed by atoms with Crippen molar-refractivity contribution in [2.24, 2.45) is 0 Å². The van der Waals surface area contributed by atoms with Crippen LogP contribution in [0.2, 0.25) is 0 Å². The number of aliphatic hydroxyl groups excluding tert-OH is 2. The Bertz CT molecular complexity index is 1210. The minimum atomic E-state index is -0.841. The molecule has 0 radical (unpaired) electrons. The topological polar surface area (TPSA) is 95.9 Å². The second-order valence-electron chi connectivity index (χ2n) is 23.1. The molecule has 0 fully saturated rings. The summed E-state index contributed by atoms with van der Waals surface area (Å²) in [6.45, 7) is 4.90. The highest BCUT2D eigenvalue weighted by atomic mass is 16.5. The Hall–Kier alpha value is -1.92. The van der Waals surface area contributed by atoms with Gasteiger partial charge in [-0.3, -0.25) is 9.59 Å². The molecule has 0 heterocycles. The third-order valence-electron chi connectivity index (χ3n) is 15.6. The second kappa shape index (κ2) is 64.6. The molecule has 6 nitrogen and oxygen atoms in total. The lowest BCUT2D eigenvalue weighted by atomic mass is 10.0. The van der Waals surface area contributed by atoms with E-state index in [0.29, 0.717) is 19.4 Å². The first-order valence-corrected chi connectivity index (χ1v) is 33.8. The first-order valence-electron chi connectivity index (χ1n) is 33.8.